The Morgan fingerprint density at radius 1 is 0.870 bits per heavy atom. The zero-order chi connectivity index (χ0) is 17.0. The van der Waals surface area contributed by atoms with E-state index in [1.165, 1.54) is 51.4 Å². The van der Waals surface area contributed by atoms with Crippen LogP contribution >= 0.6 is 0 Å². The molecule has 1 aromatic rings. The van der Waals surface area contributed by atoms with Gasteiger partial charge in [0.2, 0.25) is 0 Å². The molecule has 1 aromatic carbocycles. The fourth-order valence-electron chi connectivity index (χ4n) is 2.74. The molecule has 1 rings (SSSR count). The van der Waals surface area contributed by atoms with Gasteiger partial charge in [-0.25, -0.2) is 0 Å². The summed E-state index contributed by atoms with van der Waals surface area (Å²) in [5, 5.41) is 0. The van der Waals surface area contributed by atoms with Gasteiger partial charge in [-0.3, -0.25) is 4.79 Å². The average Bonchev–Trinajstić information content (AvgIpc) is 2.56. The molecule has 0 aliphatic carbocycles. The lowest BCUT2D eigenvalue weighted by molar-refractivity contribution is -0.00588. The molecular formula is C21H34O2. The Balaban J connectivity index is 2.11. The number of unbranched alkanes of at least 4 members (excludes halogenated alkanes) is 8. The standard InChI is InChI=1S/C21H34O2/c1-4-5-6-7-8-9-10-11-15-18-23-21(2,3)20(22)19-16-13-12-14-17-19/h12-14,16-17H,4-11,15,18H2,1-3H3. The highest BCUT2D eigenvalue weighted by molar-refractivity contribution is 6.01. The predicted octanol–water partition coefficient (Wildman–Crippen LogP) is 6.20. The quantitative estimate of drug-likeness (QED) is 0.320. The Morgan fingerprint density at radius 3 is 1.96 bits per heavy atom. The summed E-state index contributed by atoms with van der Waals surface area (Å²) in [6, 6.07) is 9.42. The minimum Gasteiger partial charge on any atom is -0.367 e. The van der Waals surface area contributed by atoms with Crippen molar-refractivity contribution >= 4 is 5.78 Å². The van der Waals surface area contributed by atoms with E-state index in [-0.39, 0.29) is 5.78 Å². The van der Waals surface area contributed by atoms with Crippen molar-refractivity contribution < 1.29 is 9.53 Å². The van der Waals surface area contributed by atoms with Gasteiger partial charge in [-0.05, 0) is 20.3 Å². The average molecular weight is 319 g/mol. The molecule has 0 fully saturated rings. The van der Waals surface area contributed by atoms with E-state index >= 15 is 0 Å². The van der Waals surface area contributed by atoms with Crippen molar-refractivity contribution in [2.75, 3.05) is 6.61 Å². The third-order valence-corrected chi connectivity index (χ3v) is 4.29. The number of hydrogen-bond donors (Lipinski definition) is 0. The van der Waals surface area contributed by atoms with Crippen LogP contribution in [0.15, 0.2) is 30.3 Å². The molecule has 0 saturated heterocycles. The van der Waals surface area contributed by atoms with Gasteiger partial charge in [0.1, 0.15) is 5.60 Å². The number of hydrogen-bond acceptors (Lipinski definition) is 2. The highest BCUT2D eigenvalue weighted by Gasteiger charge is 2.29. The summed E-state index contributed by atoms with van der Waals surface area (Å²) in [5.74, 6) is 0.0639. The minimum atomic E-state index is -0.735. The van der Waals surface area contributed by atoms with Gasteiger partial charge in [0.15, 0.2) is 5.78 Å². The summed E-state index contributed by atoms with van der Waals surface area (Å²) in [7, 11) is 0. The molecule has 0 aromatic heterocycles. The van der Waals surface area contributed by atoms with Gasteiger partial charge in [-0.2, -0.15) is 0 Å². The summed E-state index contributed by atoms with van der Waals surface area (Å²) in [4.78, 5) is 12.4. The molecule has 23 heavy (non-hydrogen) atoms. The Hall–Kier alpha value is -1.15. The molecule has 0 atom stereocenters. The molecule has 2 heteroatoms. The first-order valence-electron chi connectivity index (χ1n) is 9.31. The van der Waals surface area contributed by atoms with Crippen LogP contribution in [0, 0.1) is 0 Å². The van der Waals surface area contributed by atoms with Gasteiger partial charge in [-0.15, -0.1) is 0 Å². The highest BCUT2D eigenvalue weighted by Crippen LogP contribution is 2.18. The molecule has 0 aliphatic heterocycles. The highest BCUT2D eigenvalue weighted by atomic mass is 16.5. The molecule has 130 valence electrons. The number of ketones is 1. The topological polar surface area (TPSA) is 26.3 Å². The zero-order valence-corrected chi connectivity index (χ0v) is 15.3. The zero-order valence-electron chi connectivity index (χ0n) is 15.3. The first-order chi connectivity index (χ1) is 11.1. The van der Waals surface area contributed by atoms with Gasteiger partial charge < -0.3 is 4.74 Å². The van der Waals surface area contributed by atoms with Crippen molar-refractivity contribution in [2.45, 2.75) is 84.2 Å². The molecule has 0 unspecified atom stereocenters. The molecule has 0 N–H and O–H groups in total. The van der Waals surface area contributed by atoms with Crippen LogP contribution < -0.4 is 0 Å². The van der Waals surface area contributed by atoms with Crippen LogP contribution in [0.3, 0.4) is 0 Å². The van der Waals surface area contributed by atoms with E-state index in [0.717, 1.165) is 12.0 Å². The normalized spacial score (nSPS) is 11.6. The second-order valence-electron chi connectivity index (χ2n) is 6.88. The van der Waals surface area contributed by atoms with Crippen molar-refractivity contribution in [3.8, 4) is 0 Å². The molecule has 0 radical (unpaired) electrons. The number of carbonyl (C=O) groups excluding carboxylic acids is 1. The summed E-state index contributed by atoms with van der Waals surface area (Å²) < 4.78 is 5.86. The van der Waals surface area contributed by atoms with Crippen LogP contribution in [0.5, 0.6) is 0 Å². The lowest BCUT2D eigenvalue weighted by Crippen LogP contribution is -2.35. The molecule has 0 saturated carbocycles. The summed E-state index contributed by atoms with van der Waals surface area (Å²) in [5.41, 5.74) is -0.00815. The third-order valence-electron chi connectivity index (χ3n) is 4.29. The summed E-state index contributed by atoms with van der Waals surface area (Å²) >= 11 is 0. The van der Waals surface area contributed by atoms with Crippen molar-refractivity contribution in [1.29, 1.82) is 0 Å². The number of Topliss-reactive ketones (excluding diaryl/α,β-unsaturated/α-hetero) is 1. The first-order valence-corrected chi connectivity index (χ1v) is 9.31. The van der Waals surface area contributed by atoms with Crippen LogP contribution in [0.1, 0.15) is 88.9 Å². The summed E-state index contributed by atoms with van der Waals surface area (Å²) in [6.45, 7) is 6.66. The Bertz CT molecular complexity index is 423. The number of ether oxygens (including phenoxy) is 1. The Labute approximate surface area is 142 Å². The molecule has 0 heterocycles. The SMILES string of the molecule is CCCCCCCCCCCOC(C)(C)C(=O)c1ccccc1. The van der Waals surface area contributed by atoms with Crippen LogP contribution in [-0.2, 0) is 4.74 Å². The van der Waals surface area contributed by atoms with Gasteiger partial charge in [0.25, 0.3) is 0 Å². The molecular weight excluding hydrogens is 284 g/mol. The van der Waals surface area contributed by atoms with Gasteiger partial charge >= 0.3 is 0 Å². The van der Waals surface area contributed by atoms with Crippen molar-refractivity contribution in [3.63, 3.8) is 0 Å². The molecule has 0 spiro atoms. The van der Waals surface area contributed by atoms with E-state index < -0.39 is 5.60 Å². The predicted molar refractivity (Wildman–Crippen MR) is 98.0 cm³/mol. The largest absolute Gasteiger partial charge is 0.367 e. The van der Waals surface area contributed by atoms with Crippen molar-refractivity contribution in [1.82, 2.24) is 0 Å². The molecule has 0 bridgehead atoms. The van der Waals surface area contributed by atoms with E-state index in [1.54, 1.807) is 0 Å². The van der Waals surface area contributed by atoms with Crippen LogP contribution in [0.2, 0.25) is 0 Å². The lowest BCUT2D eigenvalue weighted by atomic mass is 9.96. The molecule has 0 amide bonds. The first kappa shape index (κ1) is 19.9. The van der Waals surface area contributed by atoms with E-state index in [1.807, 2.05) is 44.2 Å². The van der Waals surface area contributed by atoms with E-state index in [2.05, 4.69) is 6.92 Å². The maximum Gasteiger partial charge on any atom is 0.194 e. The van der Waals surface area contributed by atoms with E-state index in [9.17, 15) is 4.79 Å². The van der Waals surface area contributed by atoms with Gasteiger partial charge in [0, 0.05) is 12.2 Å². The number of benzene rings is 1. The van der Waals surface area contributed by atoms with Crippen LogP contribution in [0.25, 0.3) is 0 Å². The fourth-order valence-corrected chi connectivity index (χ4v) is 2.74. The van der Waals surface area contributed by atoms with E-state index in [4.69, 9.17) is 4.74 Å². The monoisotopic (exact) mass is 318 g/mol. The van der Waals surface area contributed by atoms with Crippen molar-refractivity contribution in [3.05, 3.63) is 35.9 Å². The van der Waals surface area contributed by atoms with Gasteiger partial charge in [-0.1, -0.05) is 88.6 Å². The van der Waals surface area contributed by atoms with Crippen LogP contribution in [-0.4, -0.2) is 18.0 Å². The maximum absolute atomic E-state index is 12.4. The second-order valence-corrected chi connectivity index (χ2v) is 6.88. The molecule has 0 aliphatic rings. The second kappa shape index (κ2) is 11.4. The Morgan fingerprint density at radius 2 is 1.39 bits per heavy atom. The maximum atomic E-state index is 12.4. The number of rotatable bonds is 13. The van der Waals surface area contributed by atoms with Gasteiger partial charge in [0.05, 0.1) is 0 Å². The van der Waals surface area contributed by atoms with E-state index in [0.29, 0.717) is 6.61 Å². The fraction of sp³-hybridized carbons (Fsp3) is 0.667. The third kappa shape index (κ3) is 8.31. The lowest BCUT2D eigenvalue weighted by Gasteiger charge is -2.24. The number of carbonyl (C=O) groups is 1. The van der Waals surface area contributed by atoms with Crippen molar-refractivity contribution in [2.24, 2.45) is 0 Å². The van der Waals surface area contributed by atoms with Crippen LogP contribution in [0.4, 0.5) is 0 Å². The summed E-state index contributed by atoms with van der Waals surface area (Å²) in [6.07, 6.45) is 11.7. The minimum absolute atomic E-state index is 0.0639. The molecule has 2 nitrogen and oxygen atoms in total. The smallest absolute Gasteiger partial charge is 0.194 e. The Kier molecular flexibility index (Phi) is 9.86.